The summed E-state index contributed by atoms with van der Waals surface area (Å²) in [5.41, 5.74) is 6.24. The molecule has 0 bridgehead atoms. The van der Waals surface area contributed by atoms with Crippen LogP contribution in [0, 0.1) is 0 Å². The highest BCUT2D eigenvalue weighted by Gasteiger charge is 2.05. The van der Waals surface area contributed by atoms with Crippen LogP contribution in [-0.4, -0.2) is 31.3 Å². The number of carbonyl (C=O) groups excluding carboxylic acids is 1. The van der Waals surface area contributed by atoms with Crippen LogP contribution >= 0.6 is 12.2 Å². The molecule has 7 nitrogen and oxygen atoms in total. The molecule has 0 aliphatic rings. The van der Waals surface area contributed by atoms with Crippen LogP contribution in [0.25, 0.3) is 0 Å². The fraction of sp³-hybridized carbons (Fsp3) is 0.176. The van der Waals surface area contributed by atoms with Crippen LogP contribution in [0.15, 0.2) is 48.5 Å². The lowest BCUT2D eigenvalue weighted by Gasteiger charge is -2.13. The second kappa shape index (κ2) is 10.1. The maximum Gasteiger partial charge on any atom is 0.387 e. The minimum atomic E-state index is -2.88. The summed E-state index contributed by atoms with van der Waals surface area (Å²) in [6.45, 7) is -2.87. The molecule has 0 aliphatic carbocycles. The summed E-state index contributed by atoms with van der Waals surface area (Å²) >= 11 is 5.04. The SMILES string of the molecule is COc1cccc(NCC(=O)NNC(=S)Nc2ccc(OC(F)F)cc2)c1. The summed E-state index contributed by atoms with van der Waals surface area (Å²) in [7, 11) is 1.56. The molecule has 0 saturated heterocycles. The minimum absolute atomic E-state index is 0.0163. The Bertz CT molecular complexity index is 775. The van der Waals surface area contributed by atoms with Gasteiger partial charge in [-0.3, -0.25) is 15.6 Å². The number of rotatable bonds is 7. The Morgan fingerprint density at radius 2 is 1.81 bits per heavy atom. The van der Waals surface area contributed by atoms with Crippen molar-refractivity contribution in [1.82, 2.24) is 10.9 Å². The molecule has 0 heterocycles. The molecular formula is C17H18F2N4O3S. The molecule has 0 unspecified atom stereocenters. The molecular weight excluding hydrogens is 378 g/mol. The molecule has 10 heteroatoms. The summed E-state index contributed by atoms with van der Waals surface area (Å²) in [5.74, 6) is 0.364. The molecule has 27 heavy (non-hydrogen) atoms. The van der Waals surface area contributed by atoms with E-state index in [0.717, 1.165) is 5.69 Å². The first kappa shape index (κ1) is 20.2. The van der Waals surface area contributed by atoms with Crippen LogP contribution in [-0.2, 0) is 4.79 Å². The van der Waals surface area contributed by atoms with Gasteiger partial charge in [-0.2, -0.15) is 8.78 Å². The highest BCUT2D eigenvalue weighted by atomic mass is 32.1. The van der Waals surface area contributed by atoms with Crippen molar-refractivity contribution in [2.75, 3.05) is 24.3 Å². The van der Waals surface area contributed by atoms with Crippen molar-refractivity contribution < 1.29 is 23.0 Å². The predicted octanol–water partition coefficient (Wildman–Crippen LogP) is 2.73. The molecule has 0 radical (unpaired) electrons. The lowest BCUT2D eigenvalue weighted by molar-refractivity contribution is -0.119. The fourth-order valence-electron chi connectivity index (χ4n) is 1.97. The van der Waals surface area contributed by atoms with Crippen LogP contribution < -0.4 is 31.0 Å². The molecule has 1 amide bonds. The number of nitrogens with one attached hydrogen (secondary N) is 4. The molecule has 2 rings (SSSR count). The monoisotopic (exact) mass is 396 g/mol. The van der Waals surface area contributed by atoms with E-state index in [9.17, 15) is 13.6 Å². The highest BCUT2D eigenvalue weighted by molar-refractivity contribution is 7.80. The Kier molecular flexibility index (Phi) is 7.56. The third kappa shape index (κ3) is 7.32. The zero-order valence-corrected chi connectivity index (χ0v) is 15.1. The van der Waals surface area contributed by atoms with Crippen LogP contribution in [0.4, 0.5) is 20.2 Å². The lowest BCUT2D eigenvalue weighted by Crippen LogP contribution is -2.45. The zero-order chi connectivity index (χ0) is 19.6. The van der Waals surface area contributed by atoms with Gasteiger partial charge in [-0.15, -0.1) is 0 Å². The Morgan fingerprint density at radius 3 is 2.48 bits per heavy atom. The van der Waals surface area contributed by atoms with Gasteiger partial charge in [0.1, 0.15) is 11.5 Å². The molecule has 0 spiro atoms. The van der Waals surface area contributed by atoms with E-state index in [1.54, 1.807) is 31.4 Å². The number of hydrazine groups is 1. The van der Waals surface area contributed by atoms with E-state index in [-0.39, 0.29) is 23.3 Å². The maximum absolute atomic E-state index is 12.1. The summed E-state index contributed by atoms with van der Waals surface area (Å²) in [5, 5.41) is 5.87. The summed E-state index contributed by atoms with van der Waals surface area (Å²) < 4.78 is 33.5. The van der Waals surface area contributed by atoms with Gasteiger partial charge in [-0.1, -0.05) is 6.07 Å². The summed E-state index contributed by atoms with van der Waals surface area (Å²) in [6.07, 6.45) is 0. The average Bonchev–Trinajstić information content (AvgIpc) is 2.66. The van der Waals surface area contributed by atoms with E-state index in [2.05, 4.69) is 26.2 Å². The molecule has 0 saturated carbocycles. The van der Waals surface area contributed by atoms with E-state index in [0.29, 0.717) is 11.4 Å². The second-order valence-corrected chi connectivity index (χ2v) is 5.52. The number of alkyl halides is 2. The number of halogens is 2. The smallest absolute Gasteiger partial charge is 0.387 e. The number of methoxy groups -OCH3 is 1. The summed E-state index contributed by atoms with van der Waals surface area (Å²) in [6, 6.07) is 12.9. The van der Waals surface area contributed by atoms with E-state index < -0.39 is 6.61 Å². The fourth-order valence-corrected chi connectivity index (χ4v) is 2.14. The second-order valence-electron chi connectivity index (χ2n) is 5.12. The lowest BCUT2D eigenvalue weighted by atomic mass is 10.3. The van der Waals surface area contributed by atoms with Crippen LogP contribution in [0.3, 0.4) is 0 Å². The van der Waals surface area contributed by atoms with Gasteiger partial charge in [0.05, 0.1) is 13.7 Å². The normalized spacial score (nSPS) is 10.1. The van der Waals surface area contributed by atoms with E-state index in [4.69, 9.17) is 17.0 Å². The van der Waals surface area contributed by atoms with Crippen LogP contribution in [0.1, 0.15) is 0 Å². The molecule has 2 aromatic rings. The predicted molar refractivity (Wildman–Crippen MR) is 102 cm³/mol. The van der Waals surface area contributed by atoms with Gasteiger partial charge in [0.15, 0.2) is 5.11 Å². The van der Waals surface area contributed by atoms with Gasteiger partial charge in [-0.05, 0) is 48.6 Å². The van der Waals surface area contributed by atoms with Crippen LogP contribution in [0.5, 0.6) is 11.5 Å². The average molecular weight is 396 g/mol. The molecule has 0 fully saturated rings. The van der Waals surface area contributed by atoms with E-state index in [1.165, 1.54) is 24.3 Å². The van der Waals surface area contributed by atoms with Crippen LogP contribution in [0.2, 0.25) is 0 Å². The van der Waals surface area contributed by atoms with Gasteiger partial charge in [-0.25, -0.2) is 0 Å². The van der Waals surface area contributed by atoms with Crippen molar-refractivity contribution in [2.45, 2.75) is 6.61 Å². The number of hydrogen-bond donors (Lipinski definition) is 4. The molecule has 0 aliphatic heterocycles. The number of anilines is 2. The topological polar surface area (TPSA) is 83.7 Å². The first-order chi connectivity index (χ1) is 13.0. The van der Waals surface area contributed by atoms with Gasteiger partial charge in [0, 0.05) is 17.4 Å². The third-order valence-corrected chi connectivity index (χ3v) is 3.38. The quantitative estimate of drug-likeness (QED) is 0.423. The molecule has 0 atom stereocenters. The number of ether oxygens (including phenoxy) is 2. The van der Waals surface area contributed by atoms with Crippen molar-refractivity contribution in [3.8, 4) is 11.5 Å². The largest absolute Gasteiger partial charge is 0.497 e. The van der Waals surface area contributed by atoms with Gasteiger partial charge >= 0.3 is 6.61 Å². The number of benzene rings is 2. The van der Waals surface area contributed by atoms with Gasteiger partial charge < -0.3 is 20.1 Å². The first-order valence-corrected chi connectivity index (χ1v) is 8.15. The number of hydrogen-bond acceptors (Lipinski definition) is 5. The van der Waals surface area contributed by atoms with Gasteiger partial charge in [0.2, 0.25) is 0 Å². The third-order valence-electron chi connectivity index (χ3n) is 3.18. The Hall–Kier alpha value is -3.14. The Morgan fingerprint density at radius 1 is 1.07 bits per heavy atom. The van der Waals surface area contributed by atoms with Crippen molar-refractivity contribution in [3.05, 3.63) is 48.5 Å². The van der Waals surface area contributed by atoms with Gasteiger partial charge in [0.25, 0.3) is 5.91 Å². The van der Waals surface area contributed by atoms with E-state index in [1.807, 2.05) is 0 Å². The molecule has 2 aromatic carbocycles. The first-order valence-electron chi connectivity index (χ1n) is 7.75. The van der Waals surface area contributed by atoms with Crippen molar-refractivity contribution in [2.24, 2.45) is 0 Å². The zero-order valence-electron chi connectivity index (χ0n) is 14.3. The molecule has 144 valence electrons. The standard InChI is InChI=1S/C17H18F2N4O3S/c1-25-14-4-2-3-12(9-14)20-10-15(24)22-23-17(27)21-11-5-7-13(8-6-11)26-16(18)19/h2-9,16,20H,10H2,1H3,(H,22,24)(H2,21,23,27). The molecule has 4 N–H and O–H groups in total. The number of amides is 1. The number of thiocarbonyl (C=S) groups is 1. The minimum Gasteiger partial charge on any atom is -0.497 e. The molecule has 0 aromatic heterocycles. The highest BCUT2D eigenvalue weighted by Crippen LogP contribution is 2.18. The Labute approximate surface area is 160 Å². The van der Waals surface area contributed by atoms with Crippen molar-refractivity contribution in [3.63, 3.8) is 0 Å². The van der Waals surface area contributed by atoms with Crippen molar-refractivity contribution in [1.29, 1.82) is 0 Å². The summed E-state index contributed by atoms with van der Waals surface area (Å²) in [4.78, 5) is 11.8. The van der Waals surface area contributed by atoms with E-state index >= 15 is 0 Å². The number of carbonyl (C=O) groups is 1. The maximum atomic E-state index is 12.1. The Balaban J connectivity index is 1.72. The van der Waals surface area contributed by atoms with Crippen molar-refractivity contribution >= 4 is 34.6 Å².